The zero-order valence-electron chi connectivity index (χ0n) is 17.5. The van der Waals surface area contributed by atoms with Crippen LogP contribution in [0, 0.1) is 6.92 Å². The molecule has 0 aliphatic carbocycles. The number of hydrogen-bond acceptors (Lipinski definition) is 5. The maximum absolute atomic E-state index is 12.8. The van der Waals surface area contributed by atoms with Gasteiger partial charge in [-0.3, -0.25) is 5.32 Å². The Hall–Kier alpha value is -2.84. The van der Waals surface area contributed by atoms with E-state index in [9.17, 15) is 9.59 Å². The van der Waals surface area contributed by atoms with Gasteiger partial charge in [0.2, 0.25) is 0 Å². The van der Waals surface area contributed by atoms with Crippen molar-refractivity contribution in [3.63, 3.8) is 0 Å². The van der Waals surface area contributed by atoms with Crippen molar-refractivity contribution in [3.05, 3.63) is 63.4 Å². The van der Waals surface area contributed by atoms with Crippen LogP contribution in [0.25, 0.3) is 11.1 Å². The minimum atomic E-state index is -0.480. The van der Waals surface area contributed by atoms with Gasteiger partial charge in [0, 0.05) is 14.9 Å². The first-order valence-corrected chi connectivity index (χ1v) is 11.4. The lowest BCUT2D eigenvalue weighted by atomic mass is 10.0. The number of halogens is 1. The molecule has 0 aliphatic heterocycles. The normalized spacial score (nSPS) is 10.5. The monoisotopic (exact) mass is 502 g/mol. The summed E-state index contributed by atoms with van der Waals surface area (Å²) in [5.41, 5.74) is 2.55. The molecule has 0 spiro atoms. The number of esters is 1. The molecule has 2 N–H and O–H groups in total. The van der Waals surface area contributed by atoms with Gasteiger partial charge in [0.25, 0.3) is 0 Å². The molecule has 0 saturated heterocycles. The van der Waals surface area contributed by atoms with Gasteiger partial charge < -0.3 is 14.8 Å². The number of rotatable bonds is 7. The Morgan fingerprint density at radius 3 is 2.35 bits per heavy atom. The molecule has 0 aliphatic rings. The summed E-state index contributed by atoms with van der Waals surface area (Å²) in [7, 11) is 0. The molecule has 2 aromatic carbocycles. The van der Waals surface area contributed by atoms with Gasteiger partial charge in [-0.05, 0) is 66.5 Å². The van der Waals surface area contributed by atoms with E-state index in [4.69, 9.17) is 9.47 Å². The maximum atomic E-state index is 12.8. The predicted octanol–water partition coefficient (Wildman–Crippen LogP) is 6.71. The van der Waals surface area contributed by atoms with Gasteiger partial charge in [-0.25, -0.2) is 9.59 Å². The summed E-state index contributed by atoms with van der Waals surface area (Å²) in [6, 6.07) is 14.4. The number of para-hydroxylation sites is 1. The van der Waals surface area contributed by atoms with Gasteiger partial charge in [-0.15, -0.1) is 11.3 Å². The third-order valence-corrected chi connectivity index (χ3v) is 6.08. The molecule has 3 rings (SSSR count). The summed E-state index contributed by atoms with van der Waals surface area (Å²) in [6.07, 6.45) is 0. The topological polar surface area (TPSA) is 76.7 Å². The molecule has 0 saturated carbocycles. The van der Waals surface area contributed by atoms with Crippen molar-refractivity contribution in [2.24, 2.45) is 0 Å². The minimum Gasteiger partial charge on any atom is -0.494 e. The van der Waals surface area contributed by atoms with E-state index in [-0.39, 0.29) is 6.61 Å². The Labute approximate surface area is 193 Å². The SMILES string of the molecule is CCOC(=O)c1c(NC(=O)Nc2ccccc2Br)sc(C)c1-c1ccc(OCC)cc1. The van der Waals surface area contributed by atoms with E-state index in [1.165, 1.54) is 11.3 Å². The number of carbonyl (C=O) groups excluding carboxylic acids is 2. The Balaban J connectivity index is 1.95. The fourth-order valence-corrected chi connectivity index (χ4v) is 4.53. The zero-order chi connectivity index (χ0) is 22.4. The Kier molecular flexibility index (Phi) is 7.70. The lowest BCUT2D eigenvalue weighted by Gasteiger charge is -2.11. The maximum Gasteiger partial charge on any atom is 0.341 e. The summed E-state index contributed by atoms with van der Waals surface area (Å²) in [6.45, 7) is 6.40. The van der Waals surface area contributed by atoms with Crippen LogP contribution in [-0.4, -0.2) is 25.2 Å². The van der Waals surface area contributed by atoms with E-state index in [1.807, 2.05) is 56.3 Å². The highest BCUT2D eigenvalue weighted by molar-refractivity contribution is 9.10. The molecule has 0 unspecified atom stereocenters. The van der Waals surface area contributed by atoms with Crippen molar-refractivity contribution >= 4 is 50.0 Å². The summed E-state index contributed by atoms with van der Waals surface area (Å²) in [5.74, 6) is 0.273. The molecular formula is C23H23BrN2O4S. The van der Waals surface area contributed by atoms with Crippen LogP contribution in [0.4, 0.5) is 15.5 Å². The number of aryl methyl sites for hydroxylation is 1. The first-order chi connectivity index (χ1) is 14.9. The Bertz CT molecular complexity index is 1080. The summed E-state index contributed by atoms with van der Waals surface area (Å²) < 4.78 is 11.6. The average Bonchev–Trinajstić information content (AvgIpc) is 3.06. The van der Waals surface area contributed by atoms with Crippen LogP contribution < -0.4 is 15.4 Å². The predicted molar refractivity (Wildman–Crippen MR) is 128 cm³/mol. The van der Waals surface area contributed by atoms with Gasteiger partial charge in [0.05, 0.1) is 18.9 Å². The summed E-state index contributed by atoms with van der Waals surface area (Å²) in [4.78, 5) is 26.3. The lowest BCUT2D eigenvalue weighted by Crippen LogP contribution is -2.20. The lowest BCUT2D eigenvalue weighted by molar-refractivity contribution is 0.0529. The van der Waals surface area contributed by atoms with Crippen molar-refractivity contribution in [2.75, 3.05) is 23.8 Å². The Morgan fingerprint density at radius 1 is 1.00 bits per heavy atom. The standard InChI is InChI=1S/C23H23BrN2O4S/c1-4-29-16-12-10-15(11-13-16)19-14(3)31-21(20(19)22(27)30-5-2)26-23(28)25-18-9-7-6-8-17(18)24/h6-13H,4-5H2,1-3H3,(H2,25,26,28). The molecule has 0 bridgehead atoms. The molecular weight excluding hydrogens is 480 g/mol. The minimum absolute atomic E-state index is 0.235. The summed E-state index contributed by atoms with van der Waals surface area (Å²) >= 11 is 4.74. The zero-order valence-corrected chi connectivity index (χ0v) is 19.9. The molecule has 0 fully saturated rings. The van der Waals surface area contributed by atoms with Crippen LogP contribution in [0.15, 0.2) is 53.0 Å². The molecule has 6 nitrogen and oxygen atoms in total. The summed E-state index contributed by atoms with van der Waals surface area (Å²) in [5, 5.41) is 6.03. The second-order valence-electron chi connectivity index (χ2n) is 6.47. The number of ether oxygens (including phenoxy) is 2. The molecule has 8 heteroatoms. The number of nitrogens with one attached hydrogen (secondary N) is 2. The molecule has 1 heterocycles. The molecule has 31 heavy (non-hydrogen) atoms. The number of hydrogen-bond donors (Lipinski definition) is 2. The van der Waals surface area contributed by atoms with Crippen LogP contribution in [-0.2, 0) is 4.74 Å². The third-order valence-electron chi connectivity index (χ3n) is 4.37. The van der Waals surface area contributed by atoms with Crippen molar-refractivity contribution < 1.29 is 19.1 Å². The van der Waals surface area contributed by atoms with Gasteiger partial charge in [0.1, 0.15) is 16.3 Å². The second kappa shape index (κ2) is 10.5. The number of anilines is 2. The number of urea groups is 1. The van der Waals surface area contributed by atoms with Gasteiger partial charge in [-0.2, -0.15) is 0 Å². The fraction of sp³-hybridized carbons (Fsp3) is 0.217. The molecule has 1 aromatic heterocycles. The van der Waals surface area contributed by atoms with Crippen LogP contribution in [0.2, 0.25) is 0 Å². The fourth-order valence-electron chi connectivity index (χ4n) is 3.08. The number of benzene rings is 2. The first-order valence-electron chi connectivity index (χ1n) is 9.80. The number of carbonyl (C=O) groups is 2. The molecule has 3 aromatic rings. The second-order valence-corrected chi connectivity index (χ2v) is 8.55. The van der Waals surface area contributed by atoms with E-state index < -0.39 is 12.0 Å². The van der Waals surface area contributed by atoms with Crippen molar-refractivity contribution in [1.82, 2.24) is 0 Å². The number of thiophene rings is 1. The van der Waals surface area contributed by atoms with Gasteiger partial charge in [0.15, 0.2) is 0 Å². The van der Waals surface area contributed by atoms with E-state index in [1.54, 1.807) is 13.0 Å². The highest BCUT2D eigenvalue weighted by Crippen LogP contribution is 2.41. The van der Waals surface area contributed by atoms with E-state index in [0.29, 0.717) is 22.9 Å². The van der Waals surface area contributed by atoms with Gasteiger partial charge in [-0.1, -0.05) is 24.3 Å². The highest BCUT2D eigenvalue weighted by atomic mass is 79.9. The van der Waals surface area contributed by atoms with Crippen molar-refractivity contribution in [1.29, 1.82) is 0 Å². The van der Waals surface area contributed by atoms with Crippen LogP contribution in [0.3, 0.4) is 0 Å². The average molecular weight is 503 g/mol. The largest absolute Gasteiger partial charge is 0.494 e. The van der Waals surface area contributed by atoms with Crippen molar-refractivity contribution in [2.45, 2.75) is 20.8 Å². The quantitative estimate of drug-likeness (QED) is 0.352. The third kappa shape index (κ3) is 5.45. The first kappa shape index (κ1) is 22.8. The van der Waals surface area contributed by atoms with Crippen molar-refractivity contribution in [3.8, 4) is 16.9 Å². The van der Waals surface area contributed by atoms with E-state index in [2.05, 4.69) is 26.6 Å². The molecule has 0 atom stereocenters. The Morgan fingerprint density at radius 2 is 1.71 bits per heavy atom. The van der Waals surface area contributed by atoms with Crippen LogP contribution in [0.5, 0.6) is 5.75 Å². The van der Waals surface area contributed by atoms with Crippen LogP contribution in [0.1, 0.15) is 29.1 Å². The molecule has 162 valence electrons. The molecule has 0 radical (unpaired) electrons. The smallest absolute Gasteiger partial charge is 0.341 e. The number of amides is 2. The van der Waals surface area contributed by atoms with Crippen LogP contribution >= 0.6 is 27.3 Å². The van der Waals surface area contributed by atoms with Gasteiger partial charge >= 0.3 is 12.0 Å². The highest BCUT2D eigenvalue weighted by Gasteiger charge is 2.25. The van der Waals surface area contributed by atoms with E-state index >= 15 is 0 Å². The molecule has 2 amide bonds. The van der Waals surface area contributed by atoms with E-state index in [0.717, 1.165) is 26.2 Å².